The van der Waals surface area contributed by atoms with Crippen LogP contribution in [0.3, 0.4) is 0 Å². The number of nitrogens with zero attached hydrogens (tertiary/aromatic N) is 2. The van der Waals surface area contributed by atoms with Gasteiger partial charge in [0.25, 0.3) is 0 Å². The van der Waals surface area contributed by atoms with Gasteiger partial charge in [-0.1, -0.05) is 32.9 Å². The molecule has 35 heavy (non-hydrogen) atoms. The highest BCUT2D eigenvalue weighted by molar-refractivity contribution is 7.89. The van der Waals surface area contributed by atoms with Crippen LogP contribution in [0.4, 0.5) is 11.4 Å². The Morgan fingerprint density at radius 3 is 2.46 bits per heavy atom. The van der Waals surface area contributed by atoms with Crippen molar-refractivity contribution in [3.8, 4) is 0 Å². The Morgan fingerprint density at radius 1 is 1.14 bits per heavy atom. The van der Waals surface area contributed by atoms with E-state index in [-0.39, 0.29) is 23.3 Å². The molecule has 0 spiro atoms. The third-order valence-corrected chi connectivity index (χ3v) is 8.99. The molecule has 8 heteroatoms. The highest BCUT2D eigenvalue weighted by Gasteiger charge is 2.45. The molecule has 1 atom stereocenters. The van der Waals surface area contributed by atoms with Crippen molar-refractivity contribution >= 4 is 33.2 Å². The number of benzene rings is 2. The second-order valence-electron chi connectivity index (χ2n) is 10.6. The number of carbonyl (C=O) groups excluding carboxylic acids is 2. The van der Waals surface area contributed by atoms with E-state index in [1.807, 2.05) is 24.3 Å². The van der Waals surface area contributed by atoms with E-state index in [9.17, 15) is 18.0 Å². The maximum Gasteiger partial charge on any atom is 0.244 e. The van der Waals surface area contributed by atoms with Crippen LogP contribution >= 0.6 is 0 Å². The number of amides is 2. The molecule has 1 N–H and O–H groups in total. The molecule has 7 nitrogen and oxygen atoms in total. The van der Waals surface area contributed by atoms with E-state index in [1.54, 1.807) is 36.4 Å². The summed E-state index contributed by atoms with van der Waals surface area (Å²) < 4.78 is 28.2. The Balaban J connectivity index is 1.56. The van der Waals surface area contributed by atoms with Crippen molar-refractivity contribution in [3.63, 3.8) is 0 Å². The highest BCUT2D eigenvalue weighted by Crippen LogP contribution is 2.43. The second-order valence-corrected chi connectivity index (χ2v) is 12.6. The Bertz CT molecular complexity index is 1240. The Labute approximate surface area is 208 Å². The summed E-state index contributed by atoms with van der Waals surface area (Å²) in [6.07, 6.45) is 1.87. The Morgan fingerprint density at radius 2 is 1.83 bits per heavy atom. The number of carbonyl (C=O) groups is 2. The molecule has 0 radical (unpaired) electrons. The van der Waals surface area contributed by atoms with Gasteiger partial charge in [0.15, 0.2) is 0 Å². The monoisotopic (exact) mass is 497 g/mol. The minimum atomic E-state index is -3.65. The number of nitrogens with one attached hydrogen (secondary N) is 1. The number of sulfonamides is 1. The van der Waals surface area contributed by atoms with Crippen LogP contribution in [-0.2, 0) is 25.0 Å². The van der Waals surface area contributed by atoms with Crippen LogP contribution in [0, 0.1) is 5.92 Å². The van der Waals surface area contributed by atoms with Gasteiger partial charge in [0.1, 0.15) is 6.54 Å². The van der Waals surface area contributed by atoms with Crippen molar-refractivity contribution in [1.29, 1.82) is 0 Å². The van der Waals surface area contributed by atoms with Crippen LogP contribution in [-0.4, -0.2) is 44.2 Å². The van der Waals surface area contributed by atoms with Crippen LogP contribution in [0.2, 0.25) is 0 Å². The van der Waals surface area contributed by atoms with Crippen LogP contribution in [0.1, 0.15) is 64.5 Å². The van der Waals surface area contributed by atoms with Gasteiger partial charge < -0.3 is 10.2 Å². The molecule has 2 aliphatic rings. The average molecular weight is 498 g/mol. The third-order valence-electron chi connectivity index (χ3n) is 7.13. The molecular weight excluding hydrogens is 462 g/mol. The van der Waals surface area contributed by atoms with Crippen molar-refractivity contribution in [2.45, 2.75) is 63.7 Å². The lowest BCUT2D eigenvalue weighted by molar-refractivity contribution is -0.124. The lowest BCUT2D eigenvalue weighted by Gasteiger charge is -2.30. The van der Waals surface area contributed by atoms with E-state index < -0.39 is 15.4 Å². The molecule has 4 rings (SSSR count). The third kappa shape index (κ3) is 4.86. The predicted molar refractivity (Wildman–Crippen MR) is 138 cm³/mol. The first-order valence-corrected chi connectivity index (χ1v) is 13.7. The normalized spacial score (nSPS) is 20.2. The van der Waals surface area contributed by atoms with E-state index in [2.05, 4.69) is 26.1 Å². The Hall–Kier alpha value is -2.71. The van der Waals surface area contributed by atoms with Crippen molar-refractivity contribution in [3.05, 3.63) is 53.6 Å². The SMILES string of the molecule is CC(C)c1ccc(NC(=O)CN2C(=O)C(C)(C)c3cc(S(=O)(=O)N4CCC[C@@H](C)C4)ccc32)cc1. The smallest absolute Gasteiger partial charge is 0.244 e. The molecule has 0 aromatic heterocycles. The largest absolute Gasteiger partial charge is 0.325 e. The topological polar surface area (TPSA) is 86.8 Å². The summed E-state index contributed by atoms with van der Waals surface area (Å²) in [6.45, 7) is 10.7. The highest BCUT2D eigenvalue weighted by atomic mass is 32.2. The summed E-state index contributed by atoms with van der Waals surface area (Å²) in [7, 11) is -3.65. The molecule has 0 aliphatic carbocycles. The van der Waals surface area contributed by atoms with Crippen LogP contribution in [0.15, 0.2) is 47.4 Å². The number of rotatable bonds is 6. The molecule has 2 aromatic carbocycles. The van der Waals surface area contributed by atoms with E-state index in [4.69, 9.17) is 0 Å². The minimum Gasteiger partial charge on any atom is -0.325 e. The predicted octanol–water partition coefficient (Wildman–Crippen LogP) is 4.49. The van der Waals surface area contributed by atoms with Crippen LogP contribution in [0.5, 0.6) is 0 Å². The maximum atomic E-state index is 13.3. The van der Waals surface area contributed by atoms with Crippen molar-refractivity contribution in [2.75, 3.05) is 29.9 Å². The lowest BCUT2D eigenvalue weighted by Crippen LogP contribution is -2.40. The molecule has 0 saturated carbocycles. The fourth-order valence-corrected chi connectivity index (χ4v) is 6.56. The maximum absolute atomic E-state index is 13.3. The van der Waals surface area contributed by atoms with Gasteiger partial charge in [-0.25, -0.2) is 8.42 Å². The van der Waals surface area contributed by atoms with E-state index in [0.717, 1.165) is 12.8 Å². The van der Waals surface area contributed by atoms with Gasteiger partial charge in [-0.15, -0.1) is 0 Å². The summed E-state index contributed by atoms with van der Waals surface area (Å²) >= 11 is 0. The molecule has 188 valence electrons. The fraction of sp³-hybridized carbons (Fsp3) is 0.481. The molecule has 2 amide bonds. The number of piperidine rings is 1. The van der Waals surface area contributed by atoms with Gasteiger partial charge in [0, 0.05) is 24.5 Å². The van der Waals surface area contributed by atoms with E-state index in [0.29, 0.717) is 41.9 Å². The van der Waals surface area contributed by atoms with Crippen molar-refractivity contribution in [1.82, 2.24) is 4.31 Å². The number of hydrogen-bond donors (Lipinski definition) is 1. The molecule has 0 unspecified atom stereocenters. The van der Waals surface area contributed by atoms with E-state index >= 15 is 0 Å². The summed E-state index contributed by atoms with van der Waals surface area (Å²) in [5, 5.41) is 2.86. The molecule has 2 aromatic rings. The molecule has 1 saturated heterocycles. The summed E-state index contributed by atoms with van der Waals surface area (Å²) in [5.74, 6) is 0.187. The van der Waals surface area contributed by atoms with Gasteiger partial charge in [0.05, 0.1) is 10.3 Å². The number of hydrogen-bond acceptors (Lipinski definition) is 4. The zero-order chi connectivity index (χ0) is 25.5. The number of anilines is 2. The molecule has 2 heterocycles. The lowest BCUT2D eigenvalue weighted by atomic mass is 9.86. The first-order chi connectivity index (χ1) is 16.4. The molecule has 0 bridgehead atoms. The van der Waals surface area contributed by atoms with E-state index in [1.165, 1.54) is 10.5 Å². The first kappa shape index (κ1) is 25.4. The van der Waals surface area contributed by atoms with Crippen molar-refractivity contribution < 1.29 is 18.0 Å². The molecule has 1 fully saturated rings. The fourth-order valence-electron chi connectivity index (χ4n) is 4.94. The quantitative estimate of drug-likeness (QED) is 0.637. The van der Waals surface area contributed by atoms with Gasteiger partial charge in [-0.3, -0.25) is 9.59 Å². The summed E-state index contributed by atoms with van der Waals surface area (Å²) in [4.78, 5) is 27.7. The molecule has 2 aliphatic heterocycles. The second kappa shape index (κ2) is 9.39. The van der Waals surface area contributed by atoms with Crippen molar-refractivity contribution in [2.24, 2.45) is 5.92 Å². The van der Waals surface area contributed by atoms with Crippen LogP contribution in [0.25, 0.3) is 0 Å². The summed E-state index contributed by atoms with van der Waals surface area (Å²) in [6, 6.07) is 12.5. The standard InChI is InChI=1S/C27H35N3O4S/c1-18(2)20-8-10-21(11-9-20)28-25(31)17-30-24-13-12-22(15-23(24)27(4,5)26(30)32)35(33,34)29-14-6-7-19(3)16-29/h8-13,15,18-19H,6-7,14,16-17H2,1-5H3,(H,28,31)/t19-/m1/s1. The van der Waals surface area contributed by atoms with Gasteiger partial charge in [-0.2, -0.15) is 4.31 Å². The Kier molecular flexibility index (Phi) is 6.81. The zero-order valence-electron chi connectivity index (χ0n) is 21.2. The summed E-state index contributed by atoms with van der Waals surface area (Å²) in [5.41, 5.74) is 2.12. The first-order valence-electron chi connectivity index (χ1n) is 12.3. The molecular formula is C27H35N3O4S. The van der Waals surface area contributed by atoms with Gasteiger partial charge >= 0.3 is 0 Å². The number of fused-ring (bicyclic) bond motifs is 1. The van der Waals surface area contributed by atoms with Crippen LogP contribution < -0.4 is 10.2 Å². The average Bonchev–Trinajstić information content (AvgIpc) is 2.99. The zero-order valence-corrected chi connectivity index (χ0v) is 22.0. The van der Waals surface area contributed by atoms with Gasteiger partial charge in [-0.05, 0) is 80.0 Å². The van der Waals surface area contributed by atoms with Gasteiger partial charge in [0.2, 0.25) is 21.8 Å². The minimum absolute atomic E-state index is 0.142.